The first-order chi connectivity index (χ1) is 14.4. The molecule has 0 saturated heterocycles. The third-order valence-electron chi connectivity index (χ3n) is 4.21. The van der Waals surface area contributed by atoms with Gasteiger partial charge in [-0.1, -0.05) is 59.4 Å². The van der Waals surface area contributed by atoms with Crippen LogP contribution in [0, 0.1) is 0 Å². The fourth-order valence-electron chi connectivity index (χ4n) is 2.88. The third kappa shape index (κ3) is 3.72. The third-order valence-corrected chi connectivity index (χ3v) is 6.00. The van der Waals surface area contributed by atoms with Crippen molar-refractivity contribution in [2.75, 3.05) is 0 Å². The van der Waals surface area contributed by atoms with Gasteiger partial charge >= 0.3 is 0 Å². The molecule has 3 aromatic heterocycles. The Bertz CT molecular complexity index is 1200. The number of rotatable bonds is 6. The van der Waals surface area contributed by atoms with Gasteiger partial charge in [0.05, 0.1) is 10.6 Å². The molecular formula is C21H15N5OS2. The Morgan fingerprint density at radius 1 is 0.897 bits per heavy atom. The summed E-state index contributed by atoms with van der Waals surface area (Å²) in [6.07, 6.45) is 0. The van der Waals surface area contributed by atoms with Crippen LogP contribution in [0.1, 0.15) is 5.82 Å². The van der Waals surface area contributed by atoms with Gasteiger partial charge in [-0.15, -0.1) is 21.5 Å². The topological polar surface area (TPSA) is 69.6 Å². The summed E-state index contributed by atoms with van der Waals surface area (Å²) in [4.78, 5) is 5.57. The van der Waals surface area contributed by atoms with E-state index in [-0.39, 0.29) is 0 Å². The van der Waals surface area contributed by atoms with Crippen molar-refractivity contribution < 1.29 is 4.52 Å². The van der Waals surface area contributed by atoms with Crippen molar-refractivity contribution in [1.29, 1.82) is 0 Å². The van der Waals surface area contributed by atoms with E-state index in [0.717, 1.165) is 27.1 Å². The van der Waals surface area contributed by atoms with Crippen molar-refractivity contribution in [2.24, 2.45) is 0 Å². The van der Waals surface area contributed by atoms with Crippen LogP contribution >= 0.6 is 23.1 Å². The average molecular weight is 418 g/mol. The van der Waals surface area contributed by atoms with Crippen LogP contribution in [-0.2, 0) is 5.75 Å². The number of nitrogens with zero attached hydrogens (tertiary/aromatic N) is 5. The minimum Gasteiger partial charge on any atom is -0.334 e. The summed E-state index contributed by atoms with van der Waals surface area (Å²) in [5.41, 5.74) is 1.92. The minimum atomic E-state index is 0.519. The highest BCUT2D eigenvalue weighted by atomic mass is 32.2. The van der Waals surface area contributed by atoms with Gasteiger partial charge in [-0.05, 0) is 35.7 Å². The van der Waals surface area contributed by atoms with Gasteiger partial charge in [0.2, 0.25) is 0 Å². The summed E-state index contributed by atoms with van der Waals surface area (Å²) in [6, 6.07) is 23.9. The van der Waals surface area contributed by atoms with Gasteiger partial charge in [-0.3, -0.25) is 4.57 Å². The van der Waals surface area contributed by atoms with Crippen LogP contribution in [0.3, 0.4) is 0 Å². The van der Waals surface area contributed by atoms with Crippen molar-refractivity contribution in [2.45, 2.75) is 10.9 Å². The molecule has 0 aliphatic heterocycles. The predicted octanol–water partition coefficient (Wildman–Crippen LogP) is 5.34. The predicted molar refractivity (Wildman–Crippen MR) is 114 cm³/mol. The molecule has 6 nitrogen and oxygen atoms in total. The maximum Gasteiger partial charge on any atom is 0.257 e. The first-order valence-electron chi connectivity index (χ1n) is 8.94. The number of hydrogen-bond acceptors (Lipinski definition) is 7. The van der Waals surface area contributed by atoms with E-state index < -0.39 is 0 Å². The van der Waals surface area contributed by atoms with Crippen LogP contribution < -0.4 is 0 Å². The van der Waals surface area contributed by atoms with E-state index in [4.69, 9.17) is 4.52 Å². The quantitative estimate of drug-likeness (QED) is 0.347. The fraction of sp³-hybridized carbons (Fsp3) is 0.0476. The molecule has 0 aliphatic rings. The molecule has 0 atom stereocenters. The Balaban J connectivity index is 1.43. The zero-order valence-corrected chi connectivity index (χ0v) is 16.8. The molecule has 3 heterocycles. The first-order valence-corrected chi connectivity index (χ1v) is 10.8. The van der Waals surface area contributed by atoms with E-state index in [0.29, 0.717) is 17.5 Å². The Morgan fingerprint density at radius 3 is 2.45 bits per heavy atom. The molecule has 0 amide bonds. The molecule has 0 fully saturated rings. The molecule has 0 aliphatic carbocycles. The van der Waals surface area contributed by atoms with Crippen molar-refractivity contribution in [3.05, 3.63) is 84.0 Å². The molecule has 8 heteroatoms. The lowest BCUT2D eigenvalue weighted by molar-refractivity contribution is 0.425. The molecule has 0 unspecified atom stereocenters. The highest BCUT2D eigenvalue weighted by molar-refractivity contribution is 7.98. The molecule has 5 aromatic rings. The Kier molecular flexibility index (Phi) is 4.93. The lowest BCUT2D eigenvalue weighted by Crippen LogP contribution is -1.99. The summed E-state index contributed by atoms with van der Waals surface area (Å²) in [5, 5.41) is 15.8. The summed E-state index contributed by atoms with van der Waals surface area (Å²) in [7, 11) is 0. The standard InChI is InChI=1S/C21H15N5OS2/c1-3-8-15(9-4-1)20-22-18(25-27-20)14-29-21-24-23-19(17-12-7-13-28-17)26(21)16-10-5-2-6-11-16/h1-13H,14H2. The van der Waals surface area contributed by atoms with E-state index >= 15 is 0 Å². The number of para-hydroxylation sites is 1. The lowest BCUT2D eigenvalue weighted by Gasteiger charge is -2.08. The summed E-state index contributed by atoms with van der Waals surface area (Å²) in [6.45, 7) is 0. The number of hydrogen-bond donors (Lipinski definition) is 0. The summed E-state index contributed by atoms with van der Waals surface area (Å²) >= 11 is 3.17. The molecule has 0 N–H and O–H groups in total. The van der Waals surface area contributed by atoms with Gasteiger partial charge in [0.1, 0.15) is 0 Å². The molecule has 0 bridgehead atoms. The second kappa shape index (κ2) is 8.02. The number of aromatic nitrogens is 5. The second-order valence-corrected chi connectivity index (χ2v) is 8.02. The maximum atomic E-state index is 5.40. The Hall–Kier alpha value is -3.23. The normalized spacial score (nSPS) is 11.0. The minimum absolute atomic E-state index is 0.519. The van der Waals surface area contributed by atoms with Gasteiger partial charge in [0.25, 0.3) is 5.89 Å². The van der Waals surface area contributed by atoms with E-state index in [1.54, 1.807) is 11.3 Å². The van der Waals surface area contributed by atoms with E-state index in [2.05, 4.69) is 24.9 Å². The van der Waals surface area contributed by atoms with Crippen molar-refractivity contribution in [1.82, 2.24) is 24.9 Å². The maximum absolute atomic E-state index is 5.40. The largest absolute Gasteiger partial charge is 0.334 e. The zero-order chi connectivity index (χ0) is 19.5. The first kappa shape index (κ1) is 17.8. The van der Waals surface area contributed by atoms with E-state index in [1.165, 1.54) is 11.8 Å². The highest BCUT2D eigenvalue weighted by Gasteiger charge is 2.18. The van der Waals surface area contributed by atoms with Crippen molar-refractivity contribution in [3.8, 4) is 27.8 Å². The Labute approximate surface area is 175 Å². The molecule has 2 aromatic carbocycles. The number of thiophene rings is 1. The van der Waals surface area contributed by atoms with E-state index in [9.17, 15) is 0 Å². The number of thioether (sulfide) groups is 1. The zero-order valence-electron chi connectivity index (χ0n) is 15.2. The van der Waals surface area contributed by atoms with Crippen LogP contribution in [0.15, 0.2) is 87.9 Å². The molecule has 29 heavy (non-hydrogen) atoms. The Morgan fingerprint density at radius 2 is 1.69 bits per heavy atom. The van der Waals surface area contributed by atoms with Crippen LogP contribution in [-0.4, -0.2) is 24.9 Å². The lowest BCUT2D eigenvalue weighted by atomic mass is 10.2. The van der Waals surface area contributed by atoms with Crippen LogP contribution in [0.5, 0.6) is 0 Å². The molecule has 142 valence electrons. The van der Waals surface area contributed by atoms with Crippen LogP contribution in [0.2, 0.25) is 0 Å². The van der Waals surface area contributed by atoms with E-state index in [1.807, 2.05) is 78.2 Å². The van der Waals surface area contributed by atoms with Crippen LogP contribution in [0.25, 0.3) is 27.8 Å². The van der Waals surface area contributed by atoms with Gasteiger partial charge in [-0.2, -0.15) is 4.98 Å². The smallest absolute Gasteiger partial charge is 0.257 e. The molecular weight excluding hydrogens is 402 g/mol. The summed E-state index contributed by atoms with van der Waals surface area (Å²) < 4.78 is 7.47. The molecule has 5 rings (SSSR count). The average Bonchev–Trinajstić information content (AvgIpc) is 3.54. The van der Waals surface area contributed by atoms with Gasteiger partial charge in [0, 0.05) is 11.3 Å². The molecule has 0 saturated carbocycles. The molecule has 0 spiro atoms. The highest BCUT2D eigenvalue weighted by Crippen LogP contribution is 2.31. The fourth-order valence-corrected chi connectivity index (χ4v) is 4.37. The van der Waals surface area contributed by atoms with Crippen molar-refractivity contribution in [3.63, 3.8) is 0 Å². The van der Waals surface area contributed by atoms with Gasteiger partial charge in [-0.25, -0.2) is 0 Å². The summed E-state index contributed by atoms with van der Waals surface area (Å²) in [5.74, 6) is 2.50. The monoisotopic (exact) mass is 417 g/mol. The van der Waals surface area contributed by atoms with Gasteiger partial charge < -0.3 is 4.52 Å². The van der Waals surface area contributed by atoms with Gasteiger partial charge in [0.15, 0.2) is 16.8 Å². The SMILES string of the molecule is c1ccc(-c2nc(CSc3nnc(-c4cccs4)n3-c3ccccc3)no2)cc1. The van der Waals surface area contributed by atoms with Crippen molar-refractivity contribution >= 4 is 23.1 Å². The van der Waals surface area contributed by atoms with Crippen LogP contribution in [0.4, 0.5) is 0 Å². The number of benzene rings is 2. The molecule has 0 radical (unpaired) electrons. The second-order valence-electron chi connectivity index (χ2n) is 6.12.